The molecule has 0 bridgehead atoms. The first-order chi connectivity index (χ1) is 10.0. The molecule has 0 aliphatic rings. The maximum Gasteiger partial charge on any atom is 0.324 e. The summed E-state index contributed by atoms with van der Waals surface area (Å²) >= 11 is 0. The molecule has 0 aliphatic heterocycles. The lowest BCUT2D eigenvalue weighted by Gasteiger charge is -2.13. The van der Waals surface area contributed by atoms with Gasteiger partial charge in [0.2, 0.25) is 0 Å². The van der Waals surface area contributed by atoms with Crippen LogP contribution in [0.4, 0.5) is 5.69 Å². The first-order valence-corrected chi connectivity index (χ1v) is 6.50. The summed E-state index contributed by atoms with van der Waals surface area (Å²) < 4.78 is 9.32. The molecule has 0 aromatic heterocycles. The molecule has 7 nitrogen and oxygen atoms in total. The van der Waals surface area contributed by atoms with Gasteiger partial charge in [-0.3, -0.25) is 19.7 Å². The molecule has 1 atom stereocenters. The zero-order chi connectivity index (χ0) is 16.4. The average molecular weight is 297 g/mol. The van der Waals surface area contributed by atoms with E-state index in [1.54, 1.807) is 6.92 Å². The quantitative estimate of drug-likeness (QED) is 0.358. The molecule has 116 valence electrons. The lowest BCUT2D eigenvalue weighted by Crippen LogP contribution is -2.25. The fourth-order valence-corrected chi connectivity index (χ4v) is 1.50. The van der Waals surface area contributed by atoms with E-state index in [0.29, 0.717) is 0 Å². The largest absolute Gasteiger partial charge is 0.468 e. The van der Waals surface area contributed by atoms with Crippen LogP contribution in [-0.2, 0) is 19.1 Å². The second-order valence-electron chi connectivity index (χ2n) is 3.56. The van der Waals surface area contributed by atoms with Gasteiger partial charge < -0.3 is 9.47 Å². The molecule has 0 amide bonds. The van der Waals surface area contributed by atoms with Crippen molar-refractivity contribution in [3.63, 3.8) is 0 Å². The van der Waals surface area contributed by atoms with Crippen molar-refractivity contribution in [3.05, 3.63) is 39.9 Å². The van der Waals surface area contributed by atoms with Crippen molar-refractivity contribution in [2.45, 2.75) is 26.7 Å². The zero-order valence-electron chi connectivity index (χ0n) is 12.5. The molecule has 0 saturated heterocycles. The highest BCUT2D eigenvalue weighted by Crippen LogP contribution is 2.22. The lowest BCUT2D eigenvalue weighted by molar-refractivity contribution is -0.384. The van der Waals surface area contributed by atoms with E-state index in [0.717, 1.165) is 7.11 Å². The minimum Gasteiger partial charge on any atom is -0.468 e. The smallest absolute Gasteiger partial charge is 0.324 e. The van der Waals surface area contributed by atoms with Gasteiger partial charge in [-0.25, -0.2) is 0 Å². The fourth-order valence-electron chi connectivity index (χ4n) is 1.50. The summed E-state index contributed by atoms with van der Waals surface area (Å²) in [4.78, 5) is 33.3. The van der Waals surface area contributed by atoms with Crippen LogP contribution in [0.5, 0.6) is 0 Å². The third kappa shape index (κ3) is 5.21. The molecule has 0 aliphatic carbocycles. The predicted octanol–water partition coefficient (Wildman–Crippen LogP) is 2.44. The summed E-state index contributed by atoms with van der Waals surface area (Å²) in [5.74, 6) is -2.75. The number of rotatable bonds is 5. The molecule has 1 aromatic rings. The highest BCUT2D eigenvalue weighted by Gasteiger charge is 2.31. The van der Waals surface area contributed by atoms with Gasteiger partial charge in [0, 0.05) is 12.1 Å². The maximum atomic E-state index is 11.7. The number of nitrogens with zero attached hydrogens (tertiary/aromatic N) is 1. The van der Waals surface area contributed by atoms with Crippen LogP contribution in [0, 0.1) is 10.1 Å². The van der Waals surface area contributed by atoms with Gasteiger partial charge in [0.05, 0.1) is 18.6 Å². The van der Waals surface area contributed by atoms with Crippen molar-refractivity contribution < 1.29 is 24.0 Å². The summed E-state index contributed by atoms with van der Waals surface area (Å²) in [5.41, 5.74) is 0.159. The highest BCUT2D eigenvalue weighted by atomic mass is 16.6. The van der Waals surface area contributed by atoms with E-state index in [-0.39, 0.29) is 17.9 Å². The Bertz CT molecular complexity index is 483. The molecule has 0 spiro atoms. The van der Waals surface area contributed by atoms with Crippen molar-refractivity contribution in [2.24, 2.45) is 0 Å². The molecule has 0 heterocycles. The van der Waals surface area contributed by atoms with E-state index in [2.05, 4.69) is 4.74 Å². The van der Waals surface area contributed by atoms with E-state index in [4.69, 9.17) is 4.74 Å². The number of hydrogen-bond donors (Lipinski definition) is 0. The van der Waals surface area contributed by atoms with Gasteiger partial charge in [-0.1, -0.05) is 26.0 Å². The molecule has 21 heavy (non-hydrogen) atoms. The summed E-state index contributed by atoms with van der Waals surface area (Å²) in [6.45, 7) is 5.74. The second-order valence-corrected chi connectivity index (χ2v) is 3.56. The molecule has 1 rings (SSSR count). The number of non-ortho nitro benzene ring substituents is 1. The van der Waals surface area contributed by atoms with Crippen molar-refractivity contribution in [1.82, 2.24) is 0 Å². The van der Waals surface area contributed by atoms with Gasteiger partial charge in [0.25, 0.3) is 5.69 Å². The van der Waals surface area contributed by atoms with E-state index < -0.39 is 22.8 Å². The number of ether oxygens (including phenoxy) is 2. The molecule has 0 N–H and O–H groups in total. The molecule has 1 aromatic carbocycles. The SMILES string of the molecule is CC.CCOC(=O)C(C(=O)OC)c1ccc([N+](=O)[O-])cc1. The Morgan fingerprint density at radius 1 is 1.19 bits per heavy atom. The van der Waals surface area contributed by atoms with Gasteiger partial charge in [-0.15, -0.1) is 0 Å². The summed E-state index contributed by atoms with van der Waals surface area (Å²) in [6, 6.07) is 5.09. The van der Waals surface area contributed by atoms with E-state index in [1.165, 1.54) is 24.3 Å². The van der Waals surface area contributed by atoms with E-state index in [1.807, 2.05) is 13.8 Å². The Labute approximate surface area is 123 Å². The first-order valence-electron chi connectivity index (χ1n) is 6.50. The number of nitro benzene ring substituents is 1. The van der Waals surface area contributed by atoms with Crippen LogP contribution in [0.2, 0.25) is 0 Å². The Morgan fingerprint density at radius 3 is 2.10 bits per heavy atom. The molecule has 1 unspecified atom stereocenters. The van der Waals surface area contributed by atoms with Crippen LogP contribution in [-0.4, -0.2) is 30.6 Å². The van der Waals surface area contributed by atoms with Crippen molar-refractivity contribution in [2.75, 3.05) is 13.7 Å². The van der Waals surface area contributed by atoms with Crippen LogP contribution < -0.4 is 0 Å². The number of benzene rings is 1. The molecule has 0 radical (unpaired) electrons. The number of carbonyl (C=O) groups excluding carboxylic acids is 2. The summed E-state index contributed by atoms with van der Waals surface area (Å²) in [7, 11) is 1.15. The van der Waals surface area contributed by atoms with E-state index in [9.17, 15) is 19.7 Å². The molecule has 0 fully saturated rings. The van der Waals surface area contributed by atoms with Crippen LogP contribution in [0.3, 0.4) is 0 Å². The molecular weight excluding hydrogens is 278 g/mol. The van der Waals surface area contributed by atoms with Crippen LogP contribution in [0.1, 0.15) is 32.3 Å². The Kier molecular flexibility index (Phi) is 8.36. The van der Waals surface area contributed by atoms with Crippen molar-refractivity contribution in [3.8, 4) is 0 Å². The fraction of sp³-hybridized carbons (Fsp3) is 0.429. The Balaban J connectivity index is 0.00000191. The van der Waals surface area contributed by atoms with Crippen LogP contribution >= 0.6 is 0 Å². The maximum absolute atomic E-state index is 11.7. The van der Waals surface area contributed by atoms with Crippen LogP contribution in [0.25, 0.3) is 0 Å². The minimum atomic E-state index is -1.23. The standard InChI is InChI=1S/C12H13NO6.C2H6/c1-3-19-12(15)10(11(14)18-2)8-4-6-9(7-5-8)13(16)17;1-2/h4-7,10H,3H2,1-2H3;1-2H3. The zero-order valence-corrected chi connectivity index (χ0v) is 12.5. The Morgan fingerprint density at radius 2 is 1.71 bits per heavy atom. The second kappa shape index (κ2) is 9.46. The van der Waals surface area contributed by atoms with Gasteiger partial charge in [0.1, 0.15) is 0 Å². The Hall–Kier alpha value is -2.44. The number of hydrogen-bond acceptors (Lipinski definition) is 6. The molecule has 0 saturated carbocycles. The number of carbonyl (C=O) groups is 2. The minimum absolute atomic E-state index is 0.124. The lowest BCUT2D eigenvalue weighted by atomic mass is 9.99. The number of methoxy groups -OCH3 is 1. The van der Waals surface area contributed by atoms with Gasteiger partial charge in [0.15, 0.2) is 5.92 Å². The topological polar surface area (TPSA) is 95.7 Å². The summed E-state index contributed by atoms with van der Waals surface area (Å²) in [5, 5.41) is 10.5. The number of esters is 2. The van der Waals surface area contributed by atoms with Crippen molar-refractivity contribution in [1.29, 1.82) is 0 Å². The highest BCUT2D eigenvalue weighted by molar-refractivity contribution is 6.00. The number of nitro groups is 1. The van der Waals surface area contributed by atoms with Crippen molar-refractivity contribution >= 4 is 17.6 Å². The molecular formula is C14H19NO6. The predicted molar refractivity (Wildman–Crippen MR) is 75.8 cm³/mol. The van der Waals surface area contributed by atoms with Gasteiger partial charge in [-0.2, -0.15) is 0 Å². The van der Waals surface area contributed by atoms with Gasteiger partial charge >= 0.3 is 11.9 Å². The first kappa shape index (κ1) is 18.6. The third-order valence-electron chi connectivity index (χ3n) is 2.40. The monoisotopic (exact) mass is 297 g/mol. The van der Waals surface area contributed by atoms with Crippen LogP contribution in [0.15, 0.2) is 24.3 Å². The third-order valence-corrected chi connectivity index (χ3v) is 2.40. The average Bonchev–Trinajstić information content (AvgIpc) is 2.50. The normalized spacial score (nSPS) is 10.7. The van der Waals surface area contributed by atoms with Gasteiger partial charge in [-0.05, 0) is 12.5 Å². The summed E-state index contributed by atoms with van der Waals surface area (Å²) in [6.07, 6.45) is 0. The van der Waals surface area contributed by atoms with E-state index >= 15 is 0 Å². The molecule has 7 heteroatoms.